The van der Waals surface area contributed by atoms with Crippen LogP contribution in [0, 0.1) is 24.2 Å². The van der Waals surface area contributed by atoms with Crippen molar-refractivity contribution in [2.75, 3.05) is 6.61 Å². The lowest BCUT2D eigenvalue weighted by Gasteiger charge is -2.06. The Morgan fingerprint density at radius 1 is 1.26 bits per heavy atom. The Hall–Kier alpha value is -2.20. The molecule has 94 valence electrons. The second kappa shape index (κ2) is 6.66. The van der Waals surface area contributed by atoms with Gasteiger partial charge >= 0.3 is 0 Å². The van der Waals surface area contributed by atoms with Gasteiger partial charge in [0.05, 0.1) is 4.88 Å². The first-order valence-corrected chi connectivity index (χ1v) is 6.57. The molecule has 0 aliphatic carbocycles. The minimum atomic E-state index is -0.802. The van der Waals surface area contributed by atoms with E-state index in [1.807, 2.05) is 17.5 Å². The molecule has 2 aromatic rings. The summed E-state index contributed by atoms with van der Waals surface area (Å²) in [4.78, 5) is 0.938. The molecule has 0 bridgehead atoms. The maximum absolute atomic E-state index is 9.94. The second-order valence-corrected chi connectivity index (χ2v) is 4.66. The molecule has 2 rings (SSSR count). The van der Waals surface area contributed by atoms with E-state index in [1.165, 1.54) is 0 Å². The molecule has 1 atom stereocenters. The molecule has 1 unspecified atom stereocenters. The Morgan fingerprint density at radius 3 is 2.68 bits per heavy atom. The van der Waals surface area contributed by atoms with Crippen LogP contribution in [0.5, 0.6) is 5.75 Å². The van der Waals surface area contributed by atoms with Crippen molar-refractivity contribution >= 4 is 11.3 Å². The lowest BCUT2D eigenvalue weighted by atomic mass is 10.1. The highest BCUT2D eigenvalue weighted by Crippen LogP contribution is 2.17. The van der Waals surface area contributed by atoms with Gasteiger partial charge < -0.3 is 9.84 Å². The predicted molar refractivity (Wildman–Crippen MR) is 76.9 cm³/mol. The number of thiophene rings is 1. The smallest absolute Gasteiger partial charge is 0.148 e. The number of aliphatic hydroxyl groups excluding tert-OH is 1. The van der Waals surface area contributed by atoms with Gasteiger partial charge in [0.15, 0.2) is 0 Å². The van der Waals surface area contributed by atoms with Crippen LogP contribution in [0.15, 0.2) is 41.8 Å². The average Bonchev–Trinajstić information content (AvgIpc) is 2.96. The van der Waals surface area contributed by atoms with Crippen LogP contribution in [-0.2, 0) is 0 Å². The molecule has 1 aromatic carbocycles. The topological polar surface area (TPSA) is 29.5 Å². The summed E-state index contributed by atoms with van der Waals surface area (Å²) in [6.45, 7) is 0.236. The Bertz CT molecular complexity index is 610. The molecule has 0 aliphatic rings. The standard InChI is InChI=1S/C16H12O2S/c1-2-11-18-14-7-5-13(6-8-14)16(17)10-9-15-4-3-12-19-15/h1,3-8,12,16-17H,11H2. The minimum Gasteiger partial charge on any atom is -0.481 e. The van der Waals surface area contributed by atoms with E-state index in [0.717, 1.165) is 10.4 Å². The third-order valence-corrected chi connectivity index (χ3v) is 3.16. The molecule has 0 fully saturated rings. The van der Waals surface area contributed by atoms with Gasteiger partial charge in [-0.25, -0.2) is 0 Å². The average molecular weight is 268 g/mol. The third kappa shape index (κ3) is 3.89. The summed E-state index contributed by atoms with van der Waals surface area (Å²) in [7, 11) is 0. The van der Waals surface area contributed by atoms with E-state index in [0.29, 0.717) is 5.75 Å². The summed E-state index contributed by atoms with van der Waals surface area (Å²) in [6.07, 6.45) is 4.31. The molecule has 1 N–H and O–H groups in total. The summed E-state index contributed by atoms with van der Waals surface area (Å²) >= 11 is 1.55. The summed E-state index contributed by atoms with van der Waals surface area (Å²) < 4.78 is 5.26. The Morgan fingerprint density at radius 2 is 2.05 bits per heavy atom. The quantitative estimate of drug-likeness (QED) is 0.867. The maximum Gasteiger partial charge on any atom is 0.148 e. The molecule has 0 aliphatic heterocycles. The first-order valence-electron chi connectivity index (χ1n) is 5.69. The Kier molecular flexibility index (Phi) is 4.64. The van der Waals surface area contributed by atoms with Crippen molar-refractivity contribution in [3.8, 4) is 29.9 Å². The number of rotatable bonds is 3. The summed E-state index contributed by atoms with van der Waals surface area (Å²) in [5.74, 6) is 8.82. The Labute approximate surface area is 116 Å². The van der Waals surface area contributed by atoms with Gasteiger partial charge in [0.1, 0.15) is 18.5 Å². The van der Waals surface area contributed by atoms with Crippen molar-refractivity contribution in [1.29, 1.82) is 0 Å². The van der Waals surface area contributed by atoms with Gasteiger partial charge in [-0.1, -0.05) is 36.0 Å². The van der Waals surface area contributed by atoms with Crippen LogP contribution < -0.4 is 4.74 Å². The summed E-state index contributed by atoms with van der Waals surface area (Å²) in [5.41, 5.74) is 0.733. The maximum atomic E-state index is 9.94. The molecule has 0 amide bonds. The number of benzene rings is 1. The van der Waals surface area contributed by atoms with E-state index < -0.39 is 6.10 Å². The zero-order valence-electron chi connectivity index (χ0n) is 10.2. The summed E-state index contributed by atoms with van der Waals surface area (Å²) in [6, 6.07) is 10.9. The van der Waals surface area contributed by atoms with Gasteiger partial charge in [-0.05, 0) is 29.1 Å². The lowest BCUT2D eigenvalue weighted by molar-refractivity contribution is 0.238. The highest BCUT2D eigenvalue weighted by molar-refractivity contribution is 7.10. The van der Waals surface area contributed by atoms with Gasteiger partial charge in [0.25, 0.3) is 0 Å². The first kappa shape index (κ1) is 13.2. The highest BCUT2D eigenvalue weighted by atomic mass is 32.1. The lowest BCUT2D eigenvalue weighted by Crippen LogP contribution is -1.96. The fourth-order valence-electron chi connectivity index (χ4n) is 1.44. The second-order valence-electron chi connectivity index (χ2n) is 3.71. The normalized spacial score (nSPS) is 10.9. The zero-order chi connectivity index (χ0) is 13.5. The fraction of sp³-hybridized carbons (Fsp3) is 0.125. The van der Waals surface area contributed by atoms with E-state index in [-0.39, 0.29) is 6.61 Å². The SMILES string of the molecule is C#CCOc1ccc(C(O)C#Cc2cccs2)cc1. The first-order chi connectivity index (χ1) is 9.29. The molecule has 0 saturated carbocycles. The van der Waals surface area contributed by atoms with Gasteiger partial charge in [0.2, 0.25) is 0 Å². The van der Waals surface area contributed by atoms with Gasteiger partial charge in [-0.2, -0.15) is 0 Å². The molecule has 0 radical (unpaired) electrons. The number of hydrogen-bond acceptors (Lipinski definition) is 3. The monoisotopic (exact) mass is 268 g/mol. The van der Waals surface area contributed by atoms with Crippen LogP contribution in [0.2, 0.25) is 0 Å². The van der Waals surface area contributed by atoms with Crippen molar-refractivity contribution in [3.05, 3.63) is 52.2 Å². The molecule has 3 heteroatoms. The van der Waals surface area contributed by atoms with Crippen LogP contribution in [-0.4, -0.2) is 11.7 Å². The number of hydrogen-bond donors (Lipinski definition) is 1. The van der Waals surface area contributed by atoms with Crippen LogP contribution in [0.25, 0.3) is 0 Å². The van der Waals surface area contributed by atoms with Crippen LogP contribution in [0.3, 0.4) is 0 Å². The minimum absolute atomic E-state index is 0.236. The van der Waals surface area contributed by atoms with Crippen LogP contribution in [0.1, 0.15) is 16.5 Å². The molecule has 1 aromatic heterocycles. The van der Waals surface area contributed by atoms with Crippen molar-refractivity contribution in [2.24, 2.45) is 0 Å². The van der Waals surface area contributed by atoms with Crippen molar-refractivity contribution in [3.63, 3.8) is 0 Å². The molecule has 1 heterocycles. The van der Waals surface area contributed by atoms with Crippen LogP contribution >= 0.6 is 11.3 Å². The van der Waals surface area contributed by atoms with Crippen molar-refractivity contribution < 1.29 is 9.84 Å². The van der Waals surface area contributed by atoms with Gasteiger partial charge in [-0.3, -0.25) is 0 Å². The van der Waals surface area contributed by atoms with Crippen molar-refractivity contribution in [2.45, 2.75) is 6.10 Å². The molecular formula is C16H12O2S. The van der Waals surface area contributed by atoms with Gasteiger partial charge in [-0.15, -0.1) is 17.8 Å². The fourth-order valence-corrected chi connectivity index (χ4v) is 2.02. The number of ether oxygens (including phenoxy) is 1. The zero-order valence-corrected chi connectivity index (χ0v) is 11.0. The van der Waals surface area contributed by atoms with E-state index in [2.05, 4.69) is 17.8 Å². The predicted octanol–water partition coefficient (Wildman–Crippen LogP) is 2.85. The summed E-state index contributed by atoms with van der Waals surface area (Å²) in [5, 5.41) is 11.9. The third-order valence-electron chi connectivity index (χ3n) is 2.37. The number of aliphatic hydroxyl groups is 1. The highest BCUT2D eigenvalue weighted by Gasteiger charge is 2.03. The number of terminal acetylenes is 1. The van der Waals surface area contributed by atoms with Crippen molar-refractivity contribution in [1.82, 2.24) is 0 Å². The van der Waals surface area contributed by atoms with Crippen LogP contribution in [0.4, 0.5) is 0 Å². The van der Waals surface area contributed by atoms with Gasteiger partial charge in [0, 0.05) is 0 Å². The largest absolute Gasteiger partial charge is 0.481 e. The van der Waals surface area contributed by atoms with E-state index in [1.54, 1.807) is 35.6 Å². The molecule has 19 heavy (non-hydrogen) atoms. The Balaban J connectivity index is 2.03. The molecule has 2 nitrogen and oxygen atoms in total. The van der Waals surface area contributed by atoms with E-state index in [4.69, 9.17) is 11.2 Å². The van der Waals surface area contributed by atoms with E-state index in [9.17, 15) is 5.11 Å². The van der Waals surface area contributed by atoms with E-state index >= 15 is 0 Å². The molecule has 0 saturated heterocycles. The molecular weight excluding hydrogens is 256 g/mol. The molecule has 0 spiro atoms.